The van der Waals surface area contributed by atoms with Crippen LogP contribution in [0.3, 0.4) is 0 Å². The number of carbonyl (C=O) groups is 1. The van der Waals surface area contributed by atoms with Crippen molar-refractivity contribution in [2.45, 2.75) is 40.2 Å². The maximum atomic E-state index is 11.6. The monoisotopic (exact) mass is 230 g/mol. The number of hydrogen-bond donors (Lipinski definition) is 0. The van der Waals surface area contributed by atoms with Crippen molar-refractivity contribution in [1.82, 2.24) is 9.78 Å². The molecule has 1 aromatic carbocycles. The highest BCUT2D eigenvalue weighted by Crippen LogP contribution is 2.27. The molecule has 0 amide bonds. The first-order valence-electron chi connectivity index (χ1n) is 6.06. The zero-order chi connectivity index (χ0) is 12.6. The molecular weight excluding hydrogens is 212 g/mol. The number of nitrogens with zero attached hydrogens (tertiary/aromatic N) is 2. The second kappa shape index (κ2) is 4.32. The molecule has 0 aliphatic heterocycles. The summed E-state index contributed by atoms with van der Waals surface area (Å²) in [5.41, 5.74) is 2.95. The van der Waals surface area contributed by atoms with Gasteiger partial charge in [-0.05, 0) is 18.4 Å². The Labute approximate surface area is 101 Å². The van der Waals surface area contributed by atoms with Gasteiger partial charge < -0.3 is 0 Å². The molecule has 2 aromatic rings. The molecule has 0 saturated carbocycles. The molecule has 1 aromatic heterocycles. The van der Waals surface area contributed by atoms with Crippen molar-refractivity contribution in [3.05, 3.63) is 29.5 Å². The lowest BCUT2D eigenvalue weighted by Crippen LogP contribution is -2.01. The zero-order valence-electron chi connectivity index (χ0n) is 10.8. The van der Waals surface area contributed by atoms with Gasteiger partial charge in [-0.25, -0.2) is 0 Å². The van der Waals surface area contributed by atoms with E-state index in [2.05, 4.69) is 25.0 Å². The van der Waals surface area contributed by atoms with Crippen LogP contribution in [0, 0.1) is 0 Å². The summed E-state index contributed by atoms with van der Waals surface area (Å²) in [4.78, 5) is 11.6. The number of aromatic nitrogens is 2. The molecule has 1 heterocycles. The van der Waals surface area contributed by atoms with E-state index < -0.39 is 0 Å². The molecule has 0 N–H and O–H groups in total. The van der Waals surface area contributed by atoms with Crippen molar-refractivity contribution in [2.75, 3.05) is 0 Å². The number of benzene rings is 1. The van der Waals surface area contributed by atoms with Gasteiger partial charge in [-0.3, -0.25) is 9.48 Å². The fourth-order valence-electron chi connectivity index (χ4n) is 2.22. The van der Waals surface area contributed by atoms with E-state index >= 15 is 0 Å². The molecule has 3 heteroatoms. The third-order valence-corrected chi connectivity index (χ3v) is 3.06. The molecule has 3 nitrogen and oxygen atoms in total. The average molecular weight is 230 g/mol. The Morgan fingerprint density at radius 1 is 1.41 bits per heavy atom. The zero-order valence-corrected chi connectivity index (χ0v) is 10.8. The van der Waals surface area contributed by atoms with E-state index in [4.69, 9.17) is 0 Å². The minimum atomic E-state index is 0.0307. The predicted molar refractivity (Wildman–Crippen MR) is 69.5 cm³/mol. The third kappa shape index (κ3) is 1.86. The number of rotatable bonds is 3. The smallest absolute Gasteiger partial charge is 0.180 e. The Balaban J connectivity index is 2.84. The quantitative estimate of drug-likeness (QED) is 0.758. The number of fused-ring (bicyclic) bond motifs is 1. The highest BCUT2D eigenvalue weighted by atomic mass is 16.1. The van der Waals surface area contributed by atoms with Crippen molar-refractivity contribution >= 4 is 16.7 Å². The van der Waals surface area contributed by atoms with E-state index in [1.54, 1.807) is 6.92 Å². The maximum Gasteiger partial charge on any atom is 0.180 e. The first-order valence-corrected chi connectivity index (χ1v) is 6.06. The summed E-state index contributed by atoms with van der Waals surface area (Å²) in [6.45, 7) is 8.73. The number of carbonyl (C=O) groups excluding carboxylic acids is 1. The van der Waals surface area contributed by atoms with Gasteiger partial charge in [0.15, 0.2) is 5.78 Å². The summed E-state index contributed by atoms with van der Waals surface area (Å²) in [6, 6.07) is 6.10. The van der Waals surface area contributed by atoms with E-state index in [9.17, 15) is 4.79 Å². The van der Waals surface area contributed by atoms with Gasteiger partial charge in [0.2, 0.25) is 0 Å². The SMILES string of the molecule is CCn1nc(C(C)=O)c2cccc(C(C)C)c21. The van der Waals surface area contributed by atoms with Crippen molar-refractivity contribution < 1.29 is 4.79 Å². The number of ketones is 1. The van der Waals surface area contributed by atoms with Crippen molar-refractivity contribution in [2.24, 2.45) is 0 Å². The van der Waals surface area contributed by atoms with E-state index in [-0.39, 0.29) is 5.78 Å². The topological polar surface area (TPSA) is 34.9 Å². The number of para-hydroxylation sites is 1. The number of hydrogen-bond acceptors (Lipinski definition) is 2. The average Bonchev–Trinajstić information content (AvgIpc) is 2.67. The van der Waals surface area contributed by atoms with Crippen LogP contribution in [0.1, 0.15) is 49.7 Å². The molecule has 0 saturated heterocycles. The van der Waals surface area contributed by atoms with E-state index in [0.717, 1.165) is 17.4 Å². The lowest BCUT2D eigenvalue weighted by atomic mass is 9.99. The van der Waals surface area contributed by atoms with Gasteiger partial charge in [-0.15, -0.1) is 0 Å². The van der Waals surface area contributed by atoms with Gasteiger partial charge in [-0.1, -0.05) is 32.0 Å². The van der Waals surface area contributed by atoms with E-state index in [0.29, 0.717) is 11.6 Å². The fourth-order valence-corrected chi connectivity index (χ4v) is 2.22. The van der Waals surface area contributed by atoms with Crippen LogP contribution in [0.5, 0.6) is 0 Å². The maximum absolute atomic E-state index is 11.6. The largest absolute Gasteiger partial charge is 0.293 e. The van der Waals surface area contributed by atoms with Gasteiger partial charge in [-0.2, -0.15) is 5.10 Å². The van der Waals surface area contributed by atoms with Crippen LogP contribution < -0.4 is 0 Å². The summed E-state index contributed by atoms with van der Waals surface area (Å²) in [5, 5.41) is 5.39. The second-order valence-corrected chi connectivity index (χ2v) is 4.62. The molecule has 0 radical (unpaired) electrons. The third-order valence-electron chi connectivity index (χ3n) is 3.06. The molecule has 0 aliphatic rings. The Kier molecular flexibility index (Phi) is 3.01. The van der Waals surface area contributed by atoms with Gasteiger partial charge in [0.25, 0.3) is 0 Å². The molecule has 0 spiro atoms. The van der Waals surface area contributed by atoms with Crippen LogP contribution in [0.15, 0.2) is 18.2 Å². The molecule has 0 aliphatic carbocycles. The minimum absolute atomic E-state index is 0.0307. The standard InChI is InChI=1S/C14H18N2O/c1-5-16-14-11(9(2)3)7-6-8-12(14)13(15-16)10(4)17/h6-9H,5H2,1-4H3. The first kappa shape index (κ1) is 11.8. The van der Waals surface area contributed by atoms with Gasteiger partial charge in [0.1, 0.15) is 5.69 Å². The van der Waals surface area contributed by atoms with Crippen molar-refractivity contribution in [1.29, 1.82) is 0 Å². The number of Topliss-reactive ketones (excluding diaryl/α,β-unsaturated/α-hetero) is 1. The van der Waals surface area contributed by atoms with Crippen LogP contribution in [-0.4, -0.2) is 15.6 Å². The van der Waals surface area contributed by atoms with Crippen LogP contribution in [0.25, 0.3) is 10.9 Å². The fraction of sp³-hybridized carbons (Fsp3) is 0.429. The normalized spacial score (nSPS) is 11.4. The molecule has 2 rings (SSSR count). The summed E-state index contributed by atoms with van der Waals surface area (Å²) < 4.78 is 1.93. The van der Waals surface area contributed by atoms with Gasteiger partial charge >= 0.3 is 0 Å². The molecule has 0 bridgehead atoms. The Bertz CT molecular complexity index is 567. The molecular formula is C14H18N2O. The number of aryl methyl sites for hydroxylation is 1. The summed E-state index contributed by atoms with van der Waals surface area (Å²) >= 11 is 0. The molecule has 0 unspecified atom stereocenters. The van der Waals surface area contributed by atoms with E-state index in [1.165, 1.54) is 5.56 Å². The highest BCUT2D eigenvalue weighted by Gasteiger charge is 2.16. The Hall–Kier alpha value is -1.64. The van der Waals surface area contributed by atoms with Crippen LogP contribution in [-0.2, 0) is 6.54 Å². The van der Waals surface area contributed by atoms with Crippen LogP contribution >= 0.6 is 0 Å². The summed E-state index contributed by atoms with van der Waals surface area (Å²) in [6.07, 6.45) is 0. The van der Waals surface area contributed by atoms with Crippen molar-refractivity contribution in [3.8, 4) is 0 Å². The molecule has 90 valence electrons. The van der Waals surface area contributed by atoms with Crippen LogP contribution in [0.2, 0.25) is 0 Å². The predicted octanol–water partition coefficient (Wildman–Crippen LogP) is 3.38. The lowest BCUT2D eigenvalue weighted by Gasteiger charge is -2.09. The lowest BCUT2D eigenvalue weighted by molar-refractivity contribution is 0.101. The second-order valence-electron chi connectivity index (χ2n) is 4.62. The first-order chi connectivity index (χ1) is 8.06. The Morgan fingerprint density at radius 3 is 2.65 bits per heavy atom. The van der Waals surface area contributed by atoms with Gasteiger partial charge in [0.05, 0.1) is 5.52 Å². The van der Waals surface area contributed by atoms with Crippen LogP contribution in [0.4, 0.5) is 0 Å². The van der Waals surface area contributed by atoms with Gasteiger partial charge in [0, 0.05) is 18.9 Å². The summed E-state index contributed by atoms with van der Waals surface area (Å²) in [5.74, 6) is 0.462. The Morgan fingerprint density at radius 2 is 2.12 bits per heavy atom. The molecule has 0 fully saturated rings. The van der Waals surface area contributed by atoms with E-state index in [1.807, 2.05) is 23.7 Å². The minimum Gasteiger partial charge on any atom is -0.293 e. The summed E-state index contributed by atoms with van der Waals surface area (Å²) in [7, 11) is 0. The molecule has 17 heavy (non-hydrogen) atoms. The highest BCUT2D eigenvalue weighted by molar-refractivity contribution is 6.05. The molecule has 0 atom stereocenters. The van der Waals surface area contributed by atoms with Crippen molar-refractivity contribution in [3.63, 3.8) is 0 Å².